The van der Waals surface area contributed by atoms with E-state index in [0.717, 1.165) is 44.9 Å². The molecule has 2 fully saturated rings. The quantitative estimate of drug-likeness (QED) is 0.898. The number of rotatable bonds is 3. The largest absolute Gasteiger partial charge is 0.392 e. The van der Waals surface area contributed by atoms with Crippen molar-refractivity contribution in [3.8, 4) is 0 Å². The third-order valence-electron chi connectivity index (χ3n) is 5.16. The van der Waals surface area contributed by atoms with Crippen LogP contribution in [0.4, 0.5) is 0 Å². The van der Waals surface area contributed by atoms with Gasteiger partial charge in [0.1, 0.15) is 0 Å². The van der Waals surface area contributed by atoms with Crippen molar-refractivity contribution in [3.05, 3.63) is 35.9 Å². The van der Waals surface area contributed by atoms with Crippen LogP contribution in [-0.2, 0) is 4.79 Å². The summed E-state index contributed by atoms with van der Waals surface area (Å²) in [6, 6.07) is 11.0. The second-order valence-electron chi connectivity index (χ2n) is 6.57. The molecule has 0 aliphatic heterocycles. The molecule has 3 heteroatoms. The Morgan fingerprint density at radius 1 is 1.00 bits per heavy atom. The molecule has 0 bridgehead atoms. The molecular weight excluding hydrogens is 262 g/mol. The van der Waals surface area contributed by atoms with Gasteiger partial charge < -0.3 is 10.4 Å². The molecule has 21 heavy (non-hydrogen) atoms. The molecule has 2 atom stereocenters. The van der Waals surface area contributed by atoms with Crippen LogP contribution >= 0.6 is 0 Å². The third-order valence-corrected chi connectivity index (χ3v) is 5.16. The van der Waals surface area contributed by atoms with E-state index in [0.29, 0.717) is 12.0 Å². The van der Waals surface area contributed by atoms with Crippen molar-refractivity contribution in [2.45, 2.75) is 63.0 Å². The molecule has 2 aliphatic carbocycles. The fraction of sp³-hybridized carbons (Fsp3) is 0.611. The summed E-state index contributed by atoms with van der Waals surface area (Å²) in [6.45, 7) is 0. The van der Waals surface area contributed by atoms with Crippen molar-refractivity contribution < 1.29 is 9.90 Å². The van der Waals surface area contributed by atoms with E-state index in [1.165, 1.54) is 5.56 Å². The molecule has 0 saturated heterocycles. The van der Waals surface area contributed by atoms with Crippen molar-refractivity contribution in [2.24, 2.45) is 5.92 Å². The molecule has 0 spiro atoms. The molecule has 1 aromatic rings. The molecule has 0 aromatic heterocycles. The lowest BCUT2D eigenvalue weighted by Crippen LogP contribution is -2.42. The minimum absolute atomic E-state index is 0.0724. The summed E-state index contributed by atoms with van der Waals surface area (Å²) in [7, 11) is 0. The molecule has 2 aliphatic rings. The second kappa shape index (κ2) is 6.61. The number of carbonyl (C=O) groups is 1. The molecule has 3 nitrogen and oxygen atoms in total. The summed E-state index contributed by atoms with van der Waals surface area (Å²) in [5.74, 6) is 0.538. The highest BCUT2D eigenvalue weighted by molar-refractivity contribution is 5.79. The van der Waals surface area contributed by atoms with Crippen LogP contribution < -0.4 is 5.32 Å². The Morgan fingerprint density at radius 3 is 2.33 bits per heavy atom. The molecule has 0 radical (unpaired) electrons. The number of hydrogen-bond acceptors (Lipinski definition) is 2. The predicted molar refractivity (Wildman–Crippen MR) is 82.9 cm³/mol. The third kappa shape index (κ3) is 3.46. The van der Waals surface area contributed by atoms with Crippen LogP contribution in [0.2, 0.25) is 0 Å². The Balaban J connectivity index is 1.49. The van der Waals surface area contributed by atoms with Gasteiger partial charge in [-0.2, -0.15) is 0 Å². The molecule has 114 valence electrons. The maximum absolute atomic E-state index is 12.2. The highest BCUT2D eigenvalue weighted by Gasteiger charge is 2.33. The van der Waals surface area contributed by atoms with E-state index in [1.807, 2.05) is 0 Å². The van der Waals surface area contributed by atoms with Crippen molar-refractivity contribution in [1.29, 1.82) is 0 Å². The van der Waals surface area contributed by atoms with Crippen LogP contribution in [0.5, 0.6) is 0 Å². The Bertz CT molecular complexity index is 465. The minimum atomic E-state index is -0.425. The van der Waals surface area contributed by atoms with E-state index in [-0.39, 0.29) is 11.8 Å². The number of aliphatic hydroxyl groups excluding tert-OH is 1. The lowest BCUT2D eigenvalue weighted by Gasteiger charge is -2.30. The van der Waals surface area contributed by atoms with Gasteiger partial charge in [0.25, 0.3) is 0 Å². The van der Waals surface area contributed by atoms with Gasteiger partial charge in [0.15, 0.2) is 0 Å². The van der Waals surface area contributed by atoms with Gasteiger partial charge in [0, 0.05) is 6.04 Å². The average molecular weight is 287 g/mol. The van der Waals surface area contributed by atoms with Gasteiger partial charge >= 0.3 is 0 Å². The minimum Gasteiger partial charge on any atom is -0.392 e. The van der Waals surface area contributed by atoms with Gasteiger partial charge in [-0.3, -0.25) is 4.79 Å². The Labute approximate surface area is 126 Å². The maximum atomic E-state index is 12.2. The SMILES string of the molecule is O=C(NC1CCC(c2ccccc2)CC1)C1CCCC1O. The second-order valence-corrected chi connectivity index (χ2v) is 6.57. The molecule has 3 rings (SSSR count). The Morgan fingerprint density at radius 2 is 1.71 bits per heavy atom. The van der Waals surface area contributed by atoms with Crippen molar-refractivity contribution in [1.82, 2.24) is 5.32 Å². The van der Waals surface area contributed by atoms with E-state index in [9.17, 15) is 9.90 Å². The summed E-state index contributed by atoms with van der Waals surface area (Å²) >= 11 is 0. The van der Waals surface area contributed by atoms with Gasteiger partial charge in [-0.05, 0) is 56.4 Å². The molecule has 1 amide bonds. The molecule has 0 heterocycles. The van der Waals surface area contributed by atoms with Crippen molar-refractivity contribution in [3.63, 3.8) is 0 Å². The van der Waals surface area contributed by atoms with Gasteiger partial charge in [0.2, 0.25) is 5.91 Å². The molecule has 1 aromatic carbocycles. The van der Waals surface area contributed by atoms with Gasteiger partial charge in [-0.1, -0.05) is 30.3 Å². The number of aliphatic hydroxyl groups is 1. The number of nitrogens with one attached hydrogen (secondary N) is 1. The number of amides is 1. The zero-order valence-corrected chi connectivity index (χ0v) is 12.5. The summed E-state index contributed by atoms with van der Waals surface area (Å²) in [4.78, 5) is 12.2. The van der Waals surface area contributed by atoms with Crippen LogP contribution in [0.1, 0.15) is 56.4 Å². The monoisotopic (exact) mass is 287 g/mol. The first-order valence-corrected chi connectivity index (χ1v) is 8.27. The smallest absolute Gasteiger partial charge is 0.225 e. The van der Waals surface area contributed by atoms with Gasteiger partial charge in [-0.15, -0.1) is 0 Å². The van der Waals surface area contributed by atoms with E-state index in [2.05, 4.69) is 35.6 Å². The Hall–Kier alpha value is -1.35. The molecule has 2 unspecified atom stereocenters. The number of carbonyl (C=O) groups excluding carboxylic acids is 1. The first kappa shape index (κ1) is 14.6. The molecule has 2 N–H and O–H groups in total. The summed E-state index contributed by atoms with van der Waals surface area (Å²) < 4.78 is 0. The first-order chi connectivity index (χ1) is 10.2. The highest BCUT2D eigenvalue weighted by atomic mass is 16.3. The lowest BCUT2D eigenvalue weighted by atomic mass is 9.81. The topological polar surface area (TPSA) is 49.3 Å². The lowest BCUT2D eigenvalue weighted by molar-refractivity contribution is -0.128. The predicted octanol–water partition coefficient (Wildman–Crippen LogP) is 2.99. The van der Waals surface area contributed by atoms with Crippen molar-refractivity contribution >= 4 is 5.91 Å². The number of benzene rings is 1. The van der Waals surface area contributed by atoms with Gasteiger partial charge in [-0.25, -0.2) is 0 Å². The van der Waals surface area contributed by atoms with Crippen LogP contribution in [0.3, 0.4) is 0 Å². The zero-order chi connectivity index (χ0) is 14.7. The van der Waals surface area contributed by atoms with Crippen molar-refractivity contribution in [2.75, 3.05) is 0 Å². The van der Waals surface area contributed by atoms with E-state index >= 15 is 0 Å². The Kier molecular flexibility index (Phi) is 4.59. The van der Waals surface area contributed by atoms with Crippen LogP contribution in [0.15, 0.2) is 30.3 Å². The fourth-order valence-electron chi connectivity index (χ4n) is 3.85. The normalized spacial score (nSPS) is 32.8. The van der Waals surface area contributed by atoms with Gasteiger partial charge in [0.05, 0.1) is 12.0 Å². The van der Waals surface area contributed by atoms with Crippen LogP contribution in [0, 0.1) is 5.92 Å². The molecule has 2 saturated carbocycles. The first-order valence-electron chi connectivity index (χ1n) is 8.27. The van der Waals surface area contributed by atoms with E-state index < -0.39 is 6.10 Å². The van der Waals surface area contributed by atoms with E-state index in [4.69, 9.17) is 0 Å². The highest BCUT2D eigenvalue weighted by Crippen LogP contribution is 2.33. The average Bonchev–Trinajstić information content (AvgIpc) is 2.95. The van der Waals surface area contributed by atoms with Crippen LogP contribution in [0.25, 0.3) is 0 Å². The number of hydrogen-bond donors (Lipinski definition) is 2. The molecular formula is C18H25NO2. The van der Waals surface area contributed by atoms with E-state index in [1.54, 1.807) is 0 Å². The maximum Gasteiger partial charge on any atom is 0.225 e. The summed E-state index contributed by atoms with van der Waals surface area (Å²) in [5.41, 5.74) is 1.42. The summed E-state index contributed by atoms with van der Waals surface area (Å²) in [6.07, 6.45) is 6.54. The van der Waals surface area contributed by atoms with Crippen LogP contribution in [-0.4, -0.2) is 23.2 Å². The standard InChI is InChI=1S/C18H25NO2/c20-17-8-4-7-16(17)18(21)19-15-11-9-14(10-12-15)13-5-2-1-3-6-13/h1-3,5-6,14-17,20H,4,7-12H2,(H,19,21). The summed E-state index contributed by atoms with van der Waals surface area (Å²) in [5, 5.41) is 13.0. The fourth-order valence-corrected chi connectivity index (χ4v) is 3.85. The zero-order valence-electron chi connectivity index (χ0n) is 12.5.